The van der Waals surface area contributed by atoms with Gasteiger partial charge in [-0.3, -0.25) is 9.36 Å². The Morgan fingerprint density at radius 3 is 2.56 bits per heavy atom. The fraction of sp³-hybridized carbons (Fsp3) is 0.188. The second kappa shape index (κ2) is 12.8. The van der Waals surface area contributed by atoms with Crippen LogP contribution in [0.2, 0.25) is 0 Å². The molecule has 1 aromatic heterocycles. The summed E-state index contributed by atoms with van der Waals surface area (Å²) >= 11 is 4.74. The minimum Gasteiger partial charge on any atom is -0.493 e. The molecule has 1 aliphatic heterocycles. The molecule has 0 saturated carbocycles. The van der Waals surface area contributed by atoms with Crippen LogP contribution in [0, 0.1) is 17.1 Å². The second-order valence-corrected chi connectivity index (χ2v) is 11.3. The number of fused-ring (bicyclic) bond motifs is 1. The number of benzene rings is 3. The number of esters is 1. The van der Waals surface area contributed by atoms with E-state index in [-0.39, 0.29) is 24.3 Å². The lowest BCUT2D eigenvalue weighted by molar-refractivity contribution is -0.139. The first-order chi connectivity index (χ1) is 20.7. The molecule has 2 heterocycles. The molecule has 11 heteroatoms. The Bertz CT molecular complexity index is 1960. The molecule has 0 fully saturated rings. The third-order valence-corrected chi connectivity index (χ3v) is 8.29. The van der Waals surface area contributed by atoms with Crippen LogP contribution in [0.5, 0.6) is 11.5 Å². The fourth-order valence-corrected chi connectivity index (χ4v) is 6.32. The number of nitrogens with zero attached hydrogens (tertiary/aromatic N) is 3. The predicted molar refractivity (Wildman–Crippen MR) is 163 cm³/mol. The average molecular weight is 663 g/mol. The third kappa shape index (κ3) is 6.16. The van der Waals surface area contributed by atoms with E-state index in [1.54, 1.807) is 50.3 Å². The van der Waals surface area contributed by atoms with Crippen LogP contribution in [0.1, 0.15) is 42.1 Å². The van der Waals surface area contributed by atoms with Crippen molar-refractivity contribution in [2.24, 2.45) is 4.99 Å². The lowest BCUT2D eigenvalue weighted by Gasteiger charge is -2.24. The first-order valence-corrected chi connectivity index (χ1v) is 14.8. The number of nitriles is 1. The van der Waals surface area contributed by atoms with Gasteiger partial charge in [0.1, 0.15) is 12.4 Å². The number of ether oxygens (including phenoxy) is 3. The van der Waals surface area contributed by atoms with Crippen molar-refractivity contribution in [2.75, 3.05) is 13.7 Å². The van der Waals surface area contributed by atoms with Crippen LogP contribution in [0.4, 0.5) is 4.39 Å². The summed E-state index contributed by atoms with van der Waals surface area (Å²) in [7, 11) is 1.52. The number of methoxy groups -OCH3 is 1. The molecule has 0 radical (unpaired) electrons. The summed E-state index contributed by atoms with van der Waals surface area (Å²) in [5.74, 6) is -0.0841. The van der Waals surface area contributed by atoms with Crippen LogP contribution in [0.25, 0.3) is 6.08 Å². The average Bonchev–Trinajstić information content (AvgIpc) is 3.30. The molecule has 0 amide bonds. The van der Waals surface area contributed by atoms with E-state index in [2.05, 4.69) is 27.0 Å². The Morgan fingerprint density at radius 2 is 1.91 bits per heavy atom. The van der Waals surface area contributed by atoms with E-state index in [0.29, 0.717) is 47.7 Å². The second-order valence-electron chi connectivity index (χ2n) is 9.49. The zero-order chi connectivity index (χ0) is 30.7. The molecule has 8 nitrogen and oxygen atoms in total. The van der Waals surface area contributed by atoms with E-state index in [1.807, 2.05) is 18.2 Å². The molecule has 4 aromatic rings. The summed E-state index contributed by atoms with van der Waals surface area (Å²) < 4.78 is 33.2. The lowest BCUT2D eigenvalue weighted by atomic mass is 9.96. The van der Waals surface area contributed by atoms with Gasteiger partial charge in [0.25, 0.3) is 5.56 Å². The highest BCUT2D eigenvalue weighted by Gasteiger charge is 2.33. The summed E-state index contributed by atoms with van der Waals surface area (Å²) in [5.41, 5.74) is 2.96. The molecule has 0 N–H and O–H groups in total. The van der Waals surface area contributed by atoms with Crippen molar-refractivity contribution < 1.29 is 23.4 Å². The van der Waals surface area contributed by atoms with E-state index in [1.165, 1.54) is 35.1 Å². The van der Waals surface area contributed by atoms with Gasteiger partial charge in [-0.25, -0.2) is 14.2 Å². The molecule has 0 aliphatic carbocycles. The van der Waals surface area contributed by atoms with Crippen LogP contribution in [-0.2, 0) is 16.1 Å². The van der Waals surface area contributed by atoms with Gasteiger partial charge in [0.2, 0.25) is 0 Å². The number of halogens is 2. The summed E-state index contributed by atoms with van der Waals surface area (Å²) in [4.78, 5) is 31.8. The van der Waals surface area contributed by atoms with Crippen LogP contribution in [0.15, 0.2) is 86.2 Å². The van der Waals surface area contributed by atoms with Gasteiger partial charge >= 0.3 is 5.97 Å². The minimum atomic E-state index is -0.836. The van der Waals surface area contributed by atoms with Gasteiger partial charge < -0.3 is 14.2 Å². The highest BCUT2D eigenvalue weighted by atomic mass is 79.9. The van der Waals surface area contributed by atoms with E-state index in [9.17, 15) is 14.0 Å². The molecule has 0 saturated heterocycles. The number of rotatable bonds is 8. The topological polar surface area (TPSA) is 103 Å². The maximum atomic E-state index is 13.9. The summed E-state index contributed by atoms with van der Waals surface area (Å²) in [6.07, 6.45) is 1.71. The molecule has 0 bridgehead atoms. The Hall–Kier alpha value is -4.53. The zero-order valence-corrected chi connectivity index (χ0v) is 25.8. The maximum Gasteiger partial charge on any atom is 0.338 e. The quantitative estimate of drug-likeness (QED) is 0.242. The van der Waals surface area contributed by atoms with E-state index >= 15 is 0 Å². The maximum absolute atomic E-state index is 13.9. The van der Waals surface area contributed by atoms with Gasteiger partial charge in [0, 0.05) is 0 Å². The number of carbonyl (C=O) groups is 1. The van der Waals surface area contributed by atoms with Crippen LogP contribution in [-0.4, -0.2) is 24.3 Å². The number of carbonyl (C=O) groups excluding carboxylic acids is 1. The Morgan fingerprint density at radius 1 is 1.19 bits per heavy atom. The van der Waals surface area contributed by atoms with Crippen molar-refractivity contribution in [3.63, 3.8) is 0 Å². The Balaban J connectivity index is 1.55. The smallest absolute Gasteiger partial charge is 0.338 e. The highest BCUT2D eigenvalue weighted by molar-refractivity contribution is 9.10. The van der Waals surface area contributed by atoms with E-state index in [0.717, 1.165) is 5.56 Å². The fourth-order valence-electron chi connectivity index (χ4n) is 4.70. The predicted octanol–water partition coefficient (Wildman–Crippen LogP) is 5.16. The molecule has 1 atom stereocenters. The molecule has 5 rings (SSSR count). The lowest BCUT2D eigenvalue weighted by Crippen LogP contribution is -2.39. The molecule has 0 unspecified atom stereocenters. The van der Waals surface area contributed by atoms with E-state index < -0.39 is 17.8 Å². The molecule has 0 spiro atoms. The van der Waals surface area contributed by atoms with Crippen molar-refractivity contribution in [2.45, 2.75) is 26.5 Å². The largest absolute Gasteiger partial charge is 0.493 e. The number of hydrogen-bond acceptors (Lipinski definition) is 8. The number of aromatic nitrogens is 1. The Labute approximate surface area is 258 Å². The van der Waals surface area contributed by atoms with Gasteiger partial charge in [-0.2, -0.15) is 5.26 Å². The van der Waals surface area contributed by atoms with Gasteiger partial charge in [0.05, 0.1) is 51.7 Å². The molecule has 43 heavy (non-hydrogen) atoms. The van der Waals surface area contributed by atoms with Gasteiger partial charge in [-0.15, -0.1) is 0 Å². The van der Waals surface area contributed by atoms with Crippen LogP contribution in [0.3, 0.4) is 0 Å². The number of thiazole rings is 1. The van der Waals surface area contributed by atoms with E-state index in [4.69, 9.17) is 19.5 Å². The molecule has 1 aliphatic rings. The van der Waals surface area contributed by atoms with Crippen LogP contribution >= 0.6 is 27.3 Å². The summed E-state index contributed by atoms with van der Waals surface area (Å²) in [5, 5.41) is 9.01. The van der Waals surface area contributed by atoms with Gasteiger partial charge in [0.15, 0.2) is 16.3 Å². The van der Waals surface area contributed by atoms with Crippen molar-refractivity contribution in [1.29, 1.82) is 5.26 Å². The zero-order valence-electron chi connectivity index (χ0n) is 23.4. The van der Waals surface area contributed by atoms with Crippen molar-refractivity contribution in [3.05, 3.63) is 124 Å². The first-order valence-electron chi connectivity index (χ1n) is 13.2. The van der Waals surface area contributed by atoms with Crippen LogP contribution < -0.4 is 24.4 Å². The SMILES string of the molecule is CCOC(=O)C1=C(C)N=c2s/c(=C\c3cc(Br)c(OCc4ccc(C#N)cc4)c(OC)c3)c(=O)n2[C@H]1c1ccc(F)cc1. The molecule has 218 valence electrons. The first kappa shape index (κ1) is 29.9. The van der Waals surface area contributed by atoms with Crippen molar-refractivity contribution in [1.82, 2.24) is 4.57 Å². The minimum absolute atomic E-state index is 0.153. The Kier molecular flexibility index (Phi) is 8.89. The van der Waals surface area contributed by atoms with Gasteiger partial charge in [-0.1, -0.05) is 35.6 Å². The third-order valence-electron chi connectivity index (χ3n) is 6.72. The summed E-state index contributed by atoms with van der Waals surface area (Å²) in [6, 6.07) is 17.6. The standard InChI is InChI=1S/C32H25BrFN3O5S/c1-4-41-31(39)27-18(2)36-32-37(28(27)22-9-11-23(34)12-10-22)30(38)26(43-32)15-21-13-24(33)29(25(14-21)40-3)42-17-20-7-5-19(16-35)6-8-20/h5-15,28H,4,17H2,1-3H3/b26-15-/t28-/m0/s1. The summed E-state index contributed by atoms with van der Waals surface area (Å²) in [6.45, 7) is 3.80. The molecular formula is C32H25BrFN3O5S. The van der Waals surface area contributed by atoms with Crippen molar-refractivity contribution in [3.8, 4) is 17.6 Å². The van der Waals surface area contributed by atoms with Crippen molar-refractivity contribution >= 4 is 39.3 Å². The highest BCUT2D eigenvalue weighted by Crippen LogP contribution is 2.37. The monoisotopic (exact) mass is 661 g/mol. The molecular weight excluding hydrogens is 637 g/mol. The molecule has 3 aromatic carbocycles. The number of hydrogen-bond donors (Lipinski definition) is 0. The van der Waals surface area contributed by atoms with Gasteiger partial charge in [-0.05, 0) is 88.9 Å². The normalized spacial score (nSPS) is 14.5. The number of allylic oxidation sites excluding steroid dienone is 1.